The van der Waals surface area contributed by atoms with Gasteiger partial charge in [0.25, 0.3) is 5.91 Å². The highest BCUT2D eigenvalue weighted by atomic mass is 16.6. The summed E-state index contributed by atoms with van der Waals surface area (Å²) in [6.07, 6.45) is 8.03. The Hall–Kier alpha value is -3.92. The zero-order valence-corrected chi connectivity index (χ0v) is 22.3. The number of aromatic nitrogens is 3. The summed E-state index contributed by atoms with van der Waals surface area (Å²) in [7, 11) is 0. The molecule has 3 N–H and O–H groups in total. The molecule has 1 unspecified atom stereocenters. The van der Waals surface area contributed by atoms with E-state index in [-0.39, 0.29) is 12.0 Å². The van der Waals surface area contributed by atoms with Crippen molar-refractivity contribution in [3.63, 3.8) is 0 Å². The van der Waals surface area contributed by atoms with Crippen LogP contribution >= 0.6 is 0 Å². The zero-order chi connectivity index (χ0) is 26.8. The van der Waals surface area contributed by atoms with E-state index in [9.17, 15) is 9.59 Å². The van der Waals surface area contributed by atoms with Crippen LogP contribution in [0, 0.1) is 11.3 Å². The molecule has 1 saturated carbocycles. The Kier molecular flexibility index (Phi) is 6.95. The normalized spacial score (nSPS) is 20.0. The number of nitrogens with one attached hydrogen (secondary N) is 3. The van der Waals surface area contributed by atoms with Crippen LogP contribution in [0.5, 0.6) is 0 Å². The van der Waals surface area contributed by atoms with Crippen molar-refractivity contribution in [3.05, 3.63) is 59.8 Å². The lowest BCUT2D eigenvalue weighted by molar-refractivity contribution is 0.0949. The minimum atomic E-state index is -0.281. The predicted molar refractivity (Wildman–Crippen MR) is 149 cm³/mol. The van der Waals surface area contributed by atoms with E-state index in [4.69, 9.17) is 9.72 Å². The van der Waals surface area contributed by atoms with Crippen molar-refractivity contribution >= 4 is 34.9 Å². The van der Waals surface area contributed by atoms with Crippen LogP contribution < -0.4 is 16.0 Å². The van der Waals surface area contributed by atoms with E-state index in [0.717, 1.165) is 48.5 Å². The topological polar surface area (TPSA) is 113 Å². The first-order valence-electron chi connectivity index (χ1n) is 13.9. The van der Waals surface area contributed by atoms with Gasteiger partial charge in [-0.2, -0.15) is 4.98 Å². The van der Waals surface area contributed by atoms with Crippen LogP contribution in [0.25, 0.3) is 11.2 Å². The van der Waals surface area contributed by atoms with Crippen LogP contribution in [0.15, 0.2) is 48.7 Å². The van der Waals surface area contributed by atoms with Gasteiger partial charge >= 0.3 is 6.09 Å². The number of hydrogen-bond donors (Lipinski definition) is 3. The summed E-state index contributed by atoms with van der Waals surface area (Å²) >= 11 is 0. The van der Waals surface area contributed by atoms with Gasteiger partial charge in [0.15, 0.2) is 5.65 Å². The summed E-state index contributed by atoms with van der Waals surface area (Å²) in [4.78, 5) is 31.2. The number of piperidine rings is 1. The third-order valence-corrected chi connectivity index (χ3v) is 8.31. The number of anilines is 2. The molecule has 2 aromatic heterocycles. The molecule has 1 atom stereocenters. The second-order valence-corrected chi connectivity index (χ2v) is 10.7. The molecule has 39 heavy (non-hydrogen) atoms. The number of amides is 2. The molecular formula is C29H35N7O3. The van der Waals surface area contributed by atoms with Crippen LogP contribution in [0.2, 0.25) is 0 Å². The first-order chi connectivity index (χ1) is 19.0. The number of fused-ring (bicyclic) bond motifs is 1. The number of pyridine rings is 1. The summed E-state index contributed by atoms with van der Waals surface area (Å²) in [5.41, 5.74) is 4.79. The van der Waals surface area contributed by atoms with Gasteiger partial charge in [0.2, 0.25) is 5.95 Å². The van der Waals surface area contributed by atoms with Gasteiger partial charge in [0, 0.05) is 42.6 Å². The van der Waals surface area contributed by atoms with E-state index in [1.165, 1.54) is 19.3 Å². The third kappa shape index (κ3) is 5.34. The molecule has 10 heteroatoms. The van der Waals surface area contributed by atoms with Crippen molar-refractivity contribution in [1.29, 1.82) is 0 Å². The summed E-state index contributed by atoms with van der Waals surface area (Å²) in [5, 5.41) is 14.4. The largest absolute Gasteiger partial charge is 0.450 e. The van der Waals surface area contributed by atoms with Gasteiger partial charge in [-0.1, -0.05) is 6.08 Å². The van der Waals surface area contributed by atoms with E-state index >= 15 is 0 Å². The van der Waals surface area contributed by atoms with E-state index in [1.807, 2.05) is 49.5 Å². The van der Waals surface area contributed by atoms with Crippen molar-refractivity contribution in [1.82, 2.24) is 30.1 Å². The molecular weight excluding hydrogens is 494 g/mol. The Balaban J connectivity index is 1.08. The van der Waals surface area contributed by atoms with Crippen LogP contribution in [0.4, 0.5) is 16.4 Å². The Morgan fingerprint density at radius 3 is 2.74 bits per heavy atom. The highest BCUT2D eigenvalue weighted by molar-refractivity contribution is 5.94. The van der Waals surface area contributed by atoms with Gasteiger partial charge in [0.05, 0.1) is 6.61 Å². The van der Waals surface area contributed by atoms with Crippen LogP contribution in [-0.2, 0) is 4.74 Å². The van der Waals surface area contributed by atoms with Gasteiger partial charge in [-0.15, -0.1) is 5.10 Å². The van der Waals surface area contributed by atoms with Crippen LogP contribution in [-0.4, -0.2) is 70.8 Å². The predicted octanol–water partition coefficient (Wildman–Crippen LogP) is 3.84. The Morgan fingerprint density at radius 1 is 1.18 bits per heavy atom. The lowest BCUT2D eigenvalue weighted by atomic mass is 9.92. The molecule has 1 spiro atoms. The standard InChI is InChI=1S/C29H35N7O3/c1-2-39-28(38)35-16-9-20(10-17-35)24-4-3-15-36-25(24)33-27(34-36)32-23-7-5-21(6-8-23)26(37)31-19-22-18-29(22)11-13-30-14-12-29/h3-9,15,22,30H,2,10-14,16-19H2,1H3,(H,31,37)(H,32,34). The van der Waals surface area contributed by atoms with Gasteiger partial charge in [-0.3, -0.25) is 4.79 Å². The summed E-state index contributed by atoms with van der Waals surface area (Å²) < 4.78 is 6.87. The molecule has 2 fully saturated rings. The number of carbonyl (C=O) groups is 2. The van der Waals surface area contributed by atoms with Crippen LogP contribution in [0.3, 0.4) is 0 Å². The lowest BCUT2D eigenvalue weighted by Gasteiger charge is -2.25. The molecule has 3 aliphatic rings. The minimum Gasteiger partial charge on any atom is -0.450 e. The first kappa shape index (κ1) is 25.4. The second kappa shape index (κ2) is 10.7. The van der Waals surface area contributed by atoms with Gasteiger partial charge in [-0.25, -0.2) is 9.31 Å². The van der Waals surface area contributed by atoms with Gasteiger partial charge in [0.1, 0.15) is 0 Å². The maximum Gasteiger partial charge on any atom is 0.410 e. The fraction of sp³-hybridized carbons (Fsp3) is 0.448. The van der Waals surface area contributed by atoms with E-state index in [1.54, 1.807) is 9.42 Å². The van der Waals surface area contributed by atoms with E-state index in [0.29, 0.717) is 42.5 Å². The van der Waals surface area contributed by atoms with Crippen molar-refractivity contribution in [2.75, 3.05) is 44.6 Å². The molecule has 0 radical (unpaired) electrons. The smallest absolute Gasteiger partial charge is 0.410 e. The SMILES string of the molecule is CCOC(=O)N1CC=C(c2cccn3nc(Nc4ccc(C(=O)NCC5CC56CCNCC6)cc4)nc23)CC1. The molecule has 3 aromatic rings. The molecule has 4 heterocycles. The monoisotopic (exact) mass is 529 g/mol. The molecule has 10 nitrogen and oxygen atoms in total. The average Bonchev–Trinajstić information content (AvgIpc) is 3.44. The molecule has 6 rings (SSSR count). The summed E-state index contributed by atoms with van der Waals surface area (Å²) in [6.45, 7) is 6.23. The minimum absolute atomic E-state index is 0.0321. The molecule has 204 valence electrons. The summed E-state index contributed by atoms with van der Waals surface area (Å²) in [5.74, 6) is 1.05. The van der Waals surface area contributed by atoms with E-state index in [2.05, 4.69) is 27.1 Å². The fourth-order valence-electron chi connectivity index (χ4n) is 5.91. The van der Waals surface area contributed by atoms with Crippen LogP contribution in [0.1, 0.15) is 48.5 Å². The molecule has 1 saturated heterocycles. The zero-order valence-electron chi connectivity index (χ0n) is 22.3. The Morgan fingerprint density at radius 2 is 2.00 bits per heavy atom. The van der Waals surface area contributed by atoms with Crippen molar-refractivity contribution in [2.45, 2.75) is 32.6 Å². The third-order valence-electron chi connectivity index (χ3n) is 8.31. The lowest BCUT2D eigenvalue weighted by Crippen LogP contribution is -2.35. The summed E-state index contributed by atoms with van der Waals surface area (Å²) in [6, 6.07) is 11.4. The average molecular weight is 530 g/mol. The maximum atomic E-state index is 12.7. The van der Waals surface area contributed by atoms with Gasteiger partial charge < -0.3 is 25.6 Å². The van der Waals surface area contributed by atoms with Crippen molar-refractivity contribution in [2.24, 2.45) is 11.3 Å². The molecule has 2 amide bonds. The molecule has 1 aromatic carbocycles. The number of nitrogens with zero attached hydrogens (tertiary/aromatic N) is 4. The highest BCUT2D eigenvalue weighted by Gasteiger charge is 2.53. The van der Waals surface area contributed by atoms with Crippen molar-refractivity contribution in [3.8, 4) is 0 Å². The number of carbonyl (C=O) groups excluding carboxylic acids is 2. The molecule has 2 aliphatic heterocycles. The number of hydrogen-bond acceptors (Lipinski definition) is 7. The number of rotatable bonds is 7. The molecule has 1 aliphatic carbocycles. The first-order valence-corrected chi connectivity index (χ1v) is 13.9. The Bertz CT molecular complexity index is 1390. The van der Waals surface area contributed by atoms with Gasteiger partial charge in [-0.05, 0) is 99.0 Å². The van der Waals surface area contributed by atoms with Crippen molar-refractivity contribution < 1.29 is 14.3 Å². The quantitative estimate of drug-likeness (QED) is 0.426. The Labute approximate surface area is 227 Å². The maximum absolute atomic E-state index is 12.7. The number of benzene rings is 1. The fourth-order valence-corrected chi connectivity index (χ4v) is 5.91. The van der Waals surface area contributed by atoms with E-state index < -0.39 is 0 Å². The number of ether oxygens (including phenoxy) is 1. The highest BCUT2D eigenvalue weighted by Crippen LogP contribution is 2.58. The molecule has 0 bridgehead atoms. The second-order valence-electron chi connectivity index (χ2n) is 10.7.